The molecule has 0 saturated heterocycles. The molecule has 0 heterocycles. The monoisotopic (exact) mass is 332 g/mol. The zero-order valence-electron chi connectivity index (χ0n) is 14.4. The van der Waals surface area contributed by atoms with E-state index in [2.05, 4.69) is 5.32 Å². The zero-order valence-corrected chi connectivity index (χ0v) is 14.4. The third kappa shape index (κ3) is 3.90. The molecule has 2 bridgehead atoms. The van der Waals surface area contributed by atoms with Crippen LogP contribution in [-0.2, 0) is 9.53 Å². The van der Waals surface area contributed by atoms with Crippen LogP contribution in [0.3, 0.4) is 0 Å². The van der Waals surface area contributed by atoms with Crippen LogP contribution in [0.25, 0.3) is 0 Å². The Morgan fingerprint density at radius 2 is 1.92 bits per heavy atom. The van der Waals surface area contributed by atoms with Crippen molar-refractivity contribution in [2.75, 3.05) is 25.6 Å². The van der Waals surface area contributed by atoms with Gasteiger partial charge in [-0.3, -0.25) is 4.79 Å². The fourth-order valence-corrected chi connectivity index (χ4v) is 4.17. The van der Waals surface area contributed by atoms with E-state index < -0.39 is 0 Å². The number of nitrogens with two attached hydrogens (primary N) is 1. The summed E-state index contributed by atoms with van der Waals surface area (Å²) in [5, 5.41) is 3.07. The number of carbonyl (C=O) groups is 1. The minimum Gasteiger partial charge on any atom is -0.489 e. The Hall–Kier alpha value is -1.59. The molecule has 1 aromatic rings. The minimum atomic E-state index is 0.0622. The quantitative estimate of drug-likeness (QED) is 0.786. The van der Waals surface area contributed by atoms with Gasteiger partial charge in [0, 0.05) is 19.1 Å². The fraction of sp³-hybridized carbons (Fsp3) is 0.632. The van der Waals surface area contributed by atoms with E-state index in [9.17, 15) is 4.79 Å². The van der Waals surface area contributed by atoms with Crippen molar-refractivity contribution >= 4 is 11.6 Å². The van der Waals surface area contributed by atoms with Crippen molar-refractivity contribution in [3.8, 4) is 5.75 Å². The molecule has 0 radical (unpaired) electrons. The largest absolute Gasteiger partial charge is 0.489 e. The summed E-state index contributed by atoms with van der Waals surface area (Å²) in [4.78, 5) is 12.8. The molecular weight excluding hydrogens is 304 g/mol. The summed E-state index contributed by atoms with van der Waals surface area (Å²) >= 11 is 0. The van der Waals surface area contributed by atoms with Crippen molar-refractivity contribution in [1.29, 1.82) is 0 Å². The number of nitrogens with one attached hydrogen (secondary N) is 1. The Morgan fingerprint density at radius 1 is 1.21 bits per heavy atom. The number of anilines is 1. The molecule has 2 aliphatic rings. The molecular formula is C19H28N2O3. The Morgan fingerprint density at radius 3 is 2.62 bits per heavy atom. The molecule has 3 rings (SSSR count). The normalized spacial score (nSPS) is 29.1. The lowest BCUT2D eigenvalue weighted by Gasteiger charge is -2.43. The zero-order chi connectivity index (χ0) is 16.9. The van der Waals surface area contributed by atoms with E-state index in [-0.39, 0.29) is 17.9 Å². The highest BCUT2D eigenvalue weighted by atomic mass is 16.5. The summed E-state index contributed by atoms with van der Waals surface area (Å²) in [5.41, 5.74) is 7.06. The van der Waals surface area contributed by atoms with E-state index in [4.69, 9.17) is 15.2 Å². The van der Waals surface area contributed by atoms with Crippen LogP contribution in [0.5, 0.6) is 5.75 Å². The predicted octanol–water partition coefficient (Wildman–Crippen LogP) is 2.80. The molecule has 132 valence electrons. The van der Waals surface area contributed by atoms with Gasteiger partial charge < -0.3 is 20.5 Å². The van der Waals surface area contributed by atoms with Gasteiger partial charge in [0.05, 0.1) is 12.3 Å². The van der Waals surface area contributed by atoms with E-state index in [1.807, 2.05) is 24.3 Å². The van der Waals surface area contributed by atoms with E-state index in [1.165, 1.54) is 6.42 Å². The number of hydrogen-bond acceptors (Lipinski definition) is 4. The number of amides is 1. The number of benzene rings is 1. The van der Waals surface area contributed by atoms with Crippen molar-refractivity contribution in [3.63, 3.8) is 0 Å². The van der Waals surface area contributed by atoms with Crippen molar-refractivity contribution in [3.05, 3.63) is 24.3 Å². The van der Waals surface area contributed by atoms with Gasteiger partial charge in [-0.25, -0.2) is 0 Å². The molecule has 0 spiro atoms. The molecule has 0 aromatic heterocycles. The van der Waals surface area contributed by atoms with Crippen molar-refractivity contribution in [2.24, 2.45) is 23.5 Å². The highest BCUT2D eigenvalue weighted by molar-refractivity contribution is 5.94. The van der Waals surface area contributed by atoms with Crippen LogP contribution in [0.15, 0.2) is 24.3 Å². The SMILES string of the molecule is COCCOc1ccccc1NC(=O)C1CC2CCCC(C1)C2N. The van der Waals surface area contributed by atoms with Gasteiger partial charge in [0.15, 0.2) is 0 Å². The highest BCUT2D eigenvalue weighted by Crippen LogP contribution is 2.42. The molecule has 5 nitrogen and oxygen atoms in total. The van der Waals surface area contributed by atoms with Crippen molar-refractivity contribution in [2.45, 2.75) is 38.1 Å². The van der Waals surface area contributed by atoms with Gasteiger partial charge in [-0.2, -0.15) is 0 Å². The van der Waals surface area contributed by atoms with E-state index in [1.54, 1.807) is 7.11 Å². The Labute approximate surface area is 143 Å². The molecule has 5 heteroatoms. The average molecular weight is 332 g/mol. The van der Waals surface area contributed by atoms with Gasteiger partial charge in [-0.05, 0) is 49.7 Å². The number of rotatable bonds is 6. The summed E-state index contributed by atoms with van der Waals surface area (Å²) < 4.78 is 10.7. The van der Waals surface area contributed by atoms with Crippen molar-refractivity contribution < 1.29 is 14.3 Å². The Bertz CT molecular complexity index is 549. The van der Waals surface area contributed by atoms with Crippen LogP contribution in [0.4, 0.5) is 5.69 Å². The molecule has 2 aliphatic carbocycles. The van der Waals surface area contributed by atoms with Crippen LogP contribution in [-0.4, -0.2) is 32.3 Å². The predicted molar refractivity (Wildman–Crippen MR) is 94.0 cm³/mol. The summed E-state index contributed by atoms with van der Waals surface area (Å²) in [5.74, 6) is 1.85. The van der Waals surface area contributed by atoms with Crippen LogP contribution >= 0.6 is 0 Å². The molecule has 2 atom stereocenters. The summed E-state index contributed by atoms with van der Waals surface area (Å²) in [6, 6.07) is 7.85. The van der Waals surface area contributed by atoms with Crippen LogP contribution in [0, 0.1) is 17.8 Å². The standard InChI is InChI=1S/C19H28N2O3/c1-23-9-10-24-17-8-3-2-7-16(17)21-19(22)15-11-13-5-4-6-14(12-15)18(13)20/h2-3,7-8,13-15,18H,4-6,9-12,20H2,1H3,(H,21,22). The van der Waals surface area contributed by atoms with E-state index in [0.717, 1.165) is 31.4 Å². The first-order chi connectivity index (χ1) is 11.7. The second kappa shape index (κ2) is 7.99. The van der Waals surface area contributed by atoms with Gasteiger partial charge in [0.2, 0.25) is 5.91 Å². The minimum absolute atomic E-state index is 0.0622. The van der Waals surface area contributed by atoms with Crippen LogP contribution in [0.1, 0.15) is 32.1 Å². The summed E-state index contributed by atoms with van der Waals surface area (Å²) in [6.07, 6.45) is 5.41. The van der Waals surface area contributed by atoms with E-state index >= 15 is 0 Å². The van der Waals surface area contributed by atoms with E-state index in [0.29, 0.717) is 30.8 Å². The van der Waals surface area contributed by atoms with Gasteiger partial charge >= 0.3 is 0 Å². The molecule has 2 fully saturated rings. The Kier molecular flexibility index (Phi) is 5.74. The first kappa shape index (κ1) is 17.2. The van der Waals surface area contributed by atoms with Gasteiger partial charge in [0.1, 0.15) is 12.4 Å². The molecule has 1 amide bonds. The number of methoxy groups -OCH3 is 1. The third-order valence-corrected chi connectivity index (χ3v) is 5.47. The lowest BCUT2D eigenvalue weighted by molar-refractivity contribution is -0.122. The topological polar surface area (TPSA) is 73.6 Å². The smallest absolute Gasteiger partial charge is 0.227 e. The number of hydrogen-bond donors (Lipinski definition) is 2. The average Bonchev–Trinajstić information content (AvgIpc) is 2.56. The molecule has 24 heavy (non-hydrogen) atoms. The lowest BCUT2D eigenvalue weighted by atomic mass is 9.65. The number of carbonyl (C=O) groups excluding carboxylic acids is 1. The first-order valence-electron chi connectivity index (χ1n) is 8.96. The van der Waals surface area contributed by atoms with Crippen LogP contribution in [0.2, 0.25) is 0 Å². The summed E-state index contributed by atoms with van der Waals surface area (Å²) in [7, 11) is 1.64. The highest BCUT2D eigenvalue weighted by Gasteiger charge is 2.40. The fourth-order valence-electron chi connectivity index (χ4n) is 4.17. The summed E-state index contributed by atoms with van der Waals surface area (Å²) in [6.45, 7) is 0.984. The number of para-hydroxylation sites is 2. The second-order valence-corrected chi connectivity index (χ2v) is 7.02. The number of fused-ring (bicyclic) bond motifs is 2. The maximum atomic E-state index is 12.8. The molecule has 2 unspecified atom stereocenters. The van der Waals surface area contributed by atoms with Gasteiger partial charge in [0.25, 0.3) is 0 Å². The molecule has 0 aliphatic heterocycles. The lowest BCUT2D eigenvalue weighted by Crippen LogP contribution is -2.48. The van der Waals surface area contributed by atoms with Crippen LogP contribution < -0.4 is 15.8 Å². The number of ether oxygens (including phenoxy) is 2. The maximum Gasteiger partial charge on any atom is 0.227 e. The maximum absolute atomic E-state index is 12.8. The van der Waals surface area contributed by atoms with Gasteiger partial charge in [-0.1, -0.05) is 18.6 Å². The Balaban J connectivity index is 1.63. The van der Waals surface area contributed by atoms with Gasteiger partial charge in [-0.15, -0.1) is 0 Å². The third-order valence-electron chi connectivity index (χ3n) is 5.47. The molecule has 1 aromatic carbocycles. The first-order valence-corrected chi connectivity index (χ1v) is 8.96. The van der Waals surface area contributed by atoms with Crippen molar-refractivity contribution in [1.82, 2.24) is 0 Å². The second-order valence-electron chi connectivity index (χ2n) is 7.02. The molecule has 3 N–H and O–H groups in total. The molecule has 2 saturated carbocycles.